The summed E-state index contributed by atoms with van der Waals surface area (Å²) in [7, 11) is -1.89. The molecule has 3 aromatic heterocycles. The van der Waals surface area contributed by atoms with Gasteiger partial charge in [-0.25, -0.2) is 18.1 Å². The van der Waals surface area contributed by atoms with Gasteiger partial charge in [-0.1, -0.05) is 0 Å². The molecule has 0 spiro atoms. The van der Waals surface area contributed by atoms with Gasteiger partial charge in [-0.05, 0) is 36.8 Å². The average Bonchev–Trinajstić information content (AvgIpc) is 2.94. The summed E-state index contributed by atoms with van der Waals surface area (Å²) >= 11 is 0. The number of aryl methyl sites for hydroxylation is 2. The quantitative estimate of drug-likeness (QED) is 0.761. The second-order valence-electron chi connectivity index (χ2n) is 5.35. The Morgan fingerprint density at radius 1 is 1.17 bits per heavy atom. The van der Waals surface area contributed by atoms with Gasteiger partial charge in [0.1, 0.15) is 5.82 Å². The normalized spacial score (nSPS) is 11.6. The molecule has 0 radical (unpaired) electrons. The van der Waals surface area contributed by atoms with Crippen LogP contribution in [-0.4, -0.2) is 27.9 Å². The molecule has 3 rings (SSSR count). The van der Waals surface area contributed by atoms with Crippen molar-refractivity contribution in [1.82, 2.24) is 24.2 Å². The number of hydrogen-bond acceptors (Lipinski definition) is 5. The molecule has 0 bridgehead atoms. The molecule has 8 heteroatoms. The molecule has 0 amide bonds. The van der Waals surface area contributed by atoms with Gasteiger partial charge in [0, 0.05) is 43.9 Å². The molecule has 0 aliphatic rings. The Morgan fingerprint density at radius 2 is 1.92 bits per heavy atom. The van der Waals surface area contributed by atoms with Crippen molar-refractivity contribution in [1.29, 1.82) is 0 Å². The van der Waals surface area contributed by atoms with Crippen LogP contribution in [0.2, 0.25) is 0 Å². The van der Waals surface area contributed by atoms with Crippen molar-refractivity contribution < 1.29 is 8.42 Å². The monoisotopic (exact) mass is 343 g/mol. The third-order valence-electron chi connectivity index (χ3n) is 3.63. The molecule has 1 N–H and O–H groups in total. The molecule has 0 fully saturated rings. The number of imidazole rings is 1. The summed E-state index contributed by atoms with van der Waals surface area (Å²) in [6, 6.07) is 7.33. The minimum Gasteiger partial charge on any atom is -0.337 e. The van der Waals surface area contributed by atoms with Crippen LogP contribution in [0.3, 0.4) is 0 Å². The second kappa shape index (κ2) is 6.50. The number of aromatic nitrogens is 4. The Kier molecular flexibility index (Phi) is 4.41. The number of hydrogen-bond donors (Lipinski definition) is 1. The van der Waals surface area contributed by atoms with E-state index in [4.69, 9.17) is 0 Å². The first-order chi connectivity index (χ1) is 11.5. The fourth-order valence-electron chi connectivity index (χ4n) is 2.17. The summed E-state index contributed by atoms with van der Waals surface area (Å²) in [6.45, 7) is 1.92. The third-order valence-corrected chi connectivity index (χ3v) is 4.90. The Hall–Kier alpha value is -2.58. The first-order valence-electron chi connectivity index (χ1n) is 7.31. The van der Waals surface area contributed by atoms with Gasteiger partial charge in [0.25, 0.3) is 10.0 Å². The van der Waals surface area contributed by atoms with E-state index in [-0.39, 0.29) is 11.6 Å². The van der Waals surface area contributed by atoms with Crippen molar-refractivity contribution in [3.8, 4) is 11.3 Å². The van der Waals surface area contributed by atoms with E-state index in [2.05, 4.69) is 19.7 Å². The lowest BCUT2D eigenvalue weighted by Crippen LogP contribution is -2.23. The zero-order valence-corrected chi connectivity index (χ0v) is 14.2. The maximum atomic E-state index is 12.3. The van der Waals surface area contributed by atoms with Crippen LogP contribution in [0.1, 0.15) is 11.4 Å². The number of rotatable bonds is 5. The Bertz CT molecular complexity index is 932. The molecule has 0 aliphatic carbocycles. The topological polar surface area (TPSA) is 89.8 Å². The van der Waals surface area contributed by atoms with Crippen molar-refractivity contribution in [2.24, 2.45) is 7.05 Å². The van der Waals surface area contributed by atoms with E-state index in [1.165, 1.54) is 6.20 Å². The summed E-state index contributed by atoms with van der Waals surface area (Å²) in [5.74, 6) is 0.638. The molecule has 0 atom stereocenters. The maximum absolute atomic E-state index is 12.3. The fourth-order valence-corrected chi connectivity index (χ4v) is 3.23. The van der Waals surface area contributed by atoms with Crippen LogP contribution in [0.4, 0.5) is 0 Å². The molecule has 3 aromatic rings. The summed E-state index contributed by atoms with van der Waals surface area (Å²) in [5.41, 5.74) is 2.51. The van der Waals surface area contributed by atoms with E-state index in [1.54, 1.807) is 43.2 Å². The minimum atomic E-state index is -3.65. The highest BCUT2D eigenvalue weighted by atomic mass is 32.2. The third kappa shape index (κ3) is 3.50. The fraction of sp³-hybridized carbons (Fsp3) is 0.188. The lowest BCUT2D eigenvalue weighted by atomic mass is 10.1. The standard InChI is InChI=1S/C16H17N5O2S/c1-12-20-16(11-21(12)2)24(22,23)19-10-13-3-8-18-15(9-13)14-4-6-17-7-5-14/h3-9,11,19H,10H2,1-2H3. The Morgan fingerprint density at radius 3 is 2.58 bits per heavy atom. The first kappa shape index (κ1) is 16.3. The molecule has 0 saturated carbocycles. The molecule has 0 saturated heterocycles. The minimum absolute atomic E-state index is 0.0194. The summed E-state index contributed by atoms with van der Waals surface area (Å²) in [6.07, 6.45) is 6.53. The molecular weight excluding hydrogens is 326 g/mol. The number of sulfonamides is 1. The molecule has 0 aromatic carbocycles. The van der Waals surface area contributed by atoms with Crippen molar-refractivity contribution in [2.75, 3.05) is 0 Å². The Labute approximate surface area is 140 Å². The predicted molar refractivity (Wildman–Crippen MR) is 89.4 cm³/mol. The largest absolute Gasteiger partial charge is 0.337 e. The highest BCUT2D eigenvalue weighted by molar-refractivity contribution is 7.89. The van der Waals surface area contributed by atoms with Crippen molar-refractivity contribution in [3.63, 3.8) is 0 Å². The zero-order valence-electron chi connectivity index (χ0n) is 13.3. The summed E-state index contributed by atoms with van der Waals surface area (Å²) < 4.78 is 28.9. The maximum Gasteiger partial charge on any atom is 0.259 e. The molecule has 7 nitrogen and oxygen atoms in total. The van der Waals surface area contributed by atoms with Gasteiger partial charge in [0.2, 0.25) is 0 Å². The van der Waals surface area contributed by atoms with Crippen molar-refractivity contribution in [2.45, 2.75) is 18.5 Å². The van der Waals surface area contributed by atoms with E-state index < -0.39 is 10.0 Å². The second-order valence-corrected chi connectivity index (χ2v) is 7.06. The van der Waals surface area contributed by atoms with Crippen LogP contribution in [0.5, 0.6) is 0 Å². The smallest absolute Gasteiger partial charge is 0.259 e. The molecule has 0 aliphatic heterocycles. The average molecular weight is 343 g/mol. The van der Waals surface area contributed by atoms with Gasteiger partial charge in [-0.2, -0.15) is 0 Å². The molecule has 24 heavy (non-hydrogen) atoms. The lowest BCUT2D eigenvalue weighted by molar-refractivity contribution is 0.578. The number of pyridine rings is 2. The van der Waals surface area contributed by atoms with Crippen LogP contribution < -0.4 is 4.72 Å². The van der Waals surface area contributed by atoms with Crippen LogP contribution in [-0.2, 0) is 23.6 Å². The zero-order chi connectivity index (χ0) is 17.2. The molecule has 124 valence electrons. The highest BCUT2D eigenvalue weighted by Gasteiger charge is 2.18. The van der Waals surface area contributed by atoms with Crippen LogP contribution in [0, 0.1) is 6.92 Å². The summed E-state index contributed by atoms with van der Waals surface area (Å²) in [5, 5.41) is 0.0194. The molecule has 3 heterocycles. The van der Waals surface area contributed by atoms with E-state index in [0.717, 1.165) is 16.8 Å². The van der Waals surface area contributed by atoms with Crippen LogP contribution in [0.15, 0.2) is 54.1 Å². The number of nitrogens with one attached hydrogen (secondary N) is 1. The van der Waals surface area contributed by atoms with Gasteiger partial charge in [-0.3, -0.25) is 9.97 Å². The predicted octanol–water partition coefficient (Wildman–Crippen LogP) is 1.66. The molecular formula is C16H17N5O2S. The van der Waals surface area contributed by atoms with Crippen LogP contribution in [0.25, 0.3) is 11.3 Å². The molecule has 0 unspecified atom stereocenters. The van der Waals surface area contributed by atoms with Crippen molar-refractivity contribution >= 4 is 10.0 Å². The van der Waals surface area contributed by atoms with Gasteiger partial charge in [0.15, 0.2) is 5.03 Å². The van der Waals surface area contributed by atoms with Gasteiger partial charge >= 0.3 is 0 Å². The van der Waals surface area contributed by atoms with E-state index in [1.807, 2.05) is 18.2 Å². The number of nitrogens with zero attached hydrogens (tertiary/aromatic N) is 4. The SMILES string of the molecule is Cc1nc(S(=O)(=O)NCc2ccnc(-c3ccncc3)c2)cn1C. The Balaban J connectivity index is 1.77. The van der Waals surface area contributed by atoms with E-state index in [0.29, 0.717) is 5.82 Å². The van der Waals surface area contributed by atoms with Gasteiger partial charge in [-0.15, -0.1) is 0 Å². The highest BCUT2D eigenvalue weighted by Crippen LogP contribution is 2.17. The first-order valence-corrected chi connectivity index (χ1v) is 8.79. The van der Waals surface area contributed by atoms with E-state index >= 15 is 0 Å². The van der Waals surface area contributed by atoms with Gasteiger partial charge < -0.3 is 4.57 Å². The van der Waals surface area contributed by atoms with Crippen molar-refractivity contribution in [3.05, 3.63) is 60.4 Å². The van der Waals surface area contributed by atoms with Gasteiger partial charge in [0.05, 0.1) is 5.69 Å². The van der Waals surface area contributed by atoms with Crippen LogP contribution >= 0.6 is 0 Å². The lowest BCUT2D eigenvalue weighted by Gasteiger charge is -2.06. The summed E-state index contributed by atoms with van der Waals surface area (Å²) in [4.78, 5) is 12.3. The van der Waals surface area contributed by atoms with E-state index in [9.17, 15) is 8.42 Å².